The van der Waals surface area contributed by atoms with Crippen LogP contribution in [0.4, 0.5) is 0 Å². The Labute approximate surface area is 137 Å². The first-order valence-electron chi connectivity index (χ1n) is 5.71. The summed E-state index contributed by atoms with van der Waals surface area (Å²) in [7, 11) is 0. The predicted molar refractivity (Wildman–Crippen MR) is 90.9 cm³/mol. The van der Waals surface area contributed by atoms with Crippen LogP contribution in [0, 0.1) is 5.92 Å². The van der Waals surface area contributed by atoms with Crippen LogP contribution in [-0.2, 0) is 12.8 Å². The van der Waals surface area contributed by atoms with Crippen molar-refractivity contribution >= 4 is 59.1 Å². The molecule has 1 aromatic carbocycles. The van der Waals surface area contributed by atoms with Crippen LogP contribution in [-0.4, -0.2) is 5.33 Å². The molecule has 0 saturated carbocycles. The standard InChI is InChI=1S/C14H13Br3S/c15-9-11(8-14-13(17)5-6-18-14)7-10-1-3-12(16)4-2-10/h1-6,11H,7-9H2. The van der Waals surface area contributed by atoms with Gasteiger partial charge in [-0.2, -0.15) is 0 Å². The van der Waals surface area contributed by atoms with Crippen LogP contribution >= 0.6 is 59.1 Å². The lowest BCUT2D eigenvalue weighted by Crippen LogP contribution is -2.09. The van der Waals surface area contributed by atoms with Gasteiger partial charge in [-0.3, -0.25) is 0 Å². The highest BCUT2D eigenvalue weighted by Gasteiger charge is 2.12. The molecule has 2 aromatic rings. The lowest BCUT2D eigenvalue weighted by atomic mass is 9.97. The quantitative estimate of drug-likeness (QED) is 0.483. The van der Waals surface area contributed by atoms with E-state index in [0.29, 0.717) is 5.92 Å². The van der Waals surface area contributed by atoms with E-state index in [9.17, 15) is 0 Å². The first-order chi connectivity index (χ1) is 8.69. The van der Waals surface area contributed by atoms with Crippen molar-refractivity contribution in [1.29, 1.82) is 0 Å². The number of rotatable bonds is 5. The van der Waals surface area contributed by atoms with Gasteiger partial charge in [-0.1, -0.05) is 44.0 Å². The summed E-state index contributed by atoms with van der Waals surface area (Å²) in [5.74, 6) is 0.640. The minimum Gasteiger partial charge on any atom is -0.148 e. The lowest BCUT2D eigenvalue weighted by Gasteiger charge is -2.13. The van der Waals surface area contributed by atoms with Gasteiger partial charge in [-0.25, -0.2) is 0 Å². The van der Waals surface area contributed by atoms with Gasteiger partial charge in [0.2, 0.25) is 0 Å². The van der Waals surface area contributed by atoms with Gasteiger partial charge in [0.05, 0.1) is 0 Å². The van der Waals surface area contributed by atoms with Gasteiger partial charge in [0.15, 0.2) is 0 Å². The van der Waals surface area contributed by atoms with Crippen molar-refractivity contribution in [1.82, 2.24) is 0 Å². The van der Waals surface area contributed by atoms with E-state index in [1.54, 1.807) is 0 Å². The van der Waals surface area contributed by atoms with E-state index in [1.807, 2.05) is 11.3 Å². The van der Waals surface area contributed by atoms with Crippen LogP contribution in [0.25, 0.3) is 0 Å². The maximum Gasteiger partial charge on any atom is 0.0314 e. The van der Waals surface area contributed by atoms with E-state index < -0.39 is 0 Å². The molecule has 0 N–H and O–H groups in total. The molecule has 0 aliphatic carbocycles. The van der Waals surface area contributed by atoms with Gasteiger partial charge in [0.25, 0.3) is 0 Å². The van der Waals surface area contributed by atoms with Gasteiger partial charge in [0, 0.05) is 19.2 Å². The summed E-state index contributed by atoms with van der Waals surface area (Å²) in [4.78, 5) is 1.44. The summed E-state index contributed by atoms with van der Waals surface area (Å²) in [6.45, 7) is 0. The molecule has 0 spiro atoms. The third-order valence-electron chi connectivity index (χ3n) is 2.82. The normalized spacial score (nSPS) is 12.6. The molecule has 1 atom stereocenters. The molecule has 0 aliphatic heterocycles. The van der Waals surface area contributed by atoms with Crippen molar-refractivity contribution in [2.24, 2.45) is 5.92 Å². The zero-order valence-electron chi connectivity index (χ0n) is 9.70. The Hall–Kier alpha value is 0.360. The third kappa shape index (κ3) is 4.19. The second-order valence-corrected chi connectivity index (χ2v) is 7.66. The van der Waals surface area contributed by atoms with Crippen LogP contribution in [0.5, 0.6) is 0 Å². The molecule has 2 rings (SSSR count). The summed E-state index contributed by atoms with van der Waals surface area (Å²) in [6, 6.07) is 10.8. The van der Waals surface area contributed by atoms with E-state index in [0.717, 1.165) is 22.6 Å². The van der Waals surface area contributed by atoms with Gasteiger partial charge >= 0.3 is 0 Å². The second-order valence-electron chi connectivity index (χ2n) is 4.25. The fourth-order valence-electron chi connectivity index (χ4n) is 1.87. The van der Waals surface area contributed by atoms with Gasteiger partial charge < -0.3 is 0 Å². The predicted octanol–water partition coefficient (Wildman–Crippen LogP) is 6.07. The van der Waals surface area contributed by atoms with Crippen LogP contribution in [0.1, 0.15) is 10.4 Å². The van der Waals surface area contributed by atoms with Crippen molar-refractivity contribution < 1.29 is 0 Å². The summed E-state index contributed by atoms with van der Waals surface area (Å²) >= 11 is 12.6. The van der Waals surface area contributed by atoms with E-state index in [4.69, 9.17) is 0 Å². The summed E-state index contributed by atoms with van der Waals surface area (Å²) in [5, 5.41) is 3.18. The first-order valence-corrected chi connectivity index (χ1v) is 9.30. The average molecular weight is 453 g/mol. The zero-order chi connectivity index (χ0) is 13.0. The maximum atomic E-state index is 3.64. The van der Waals surface area contributed by atoms with E-state index in [-0.39, 0.29) is 0 Å². The molecule has 1 heterocycles. The molecular formula is C14H13Br3S. The number of thiophene rings is 1. The van der Waals surface area contributed by atoms with Crippen molar-refractivity contribution in [2.45, 2.75) is 12.8 Å². The number of halogens is 3. The molecule has 4 heteroatoms. The smallest absolute Gasteiger partial charge is 0.0314 e. The first kappa shape index (κ1) is 14.8. The minimum atomic E-state index is 0.640. The fraction of sp³-hybridized carbons (Fsp3) is 0.286. The van der Waals surface area contributed by atoms with Gasteiger partial charge in [-0.15, -0.1) is 11.3 Å². The van der Waals surface area contributed by atoms with Crippen LogP contribution in [0.2, 0.25) is 0 Å². The van der Waals surface area contributed by atoms with Crippen molar-refractivity contribution in [3.63, 3.8) is 0 Å². The van der Waals surface area contributed by atoms with E-state index in [2.05, 4.69) is 83.5 Å². The fourth-order valence-corrected chi connectivity index (χ4v) is 4.22. The van der Waals surface area contributed by atoms with Crippen LogP contribution in [0.3, 0.4) is 0 Å². The van der Waals surface area contributed by atoms with E-state index >= 15 is 0 Å². The molecule has 0 radical (unpaired) electrons. The van der Waals surface area contributed by atoms with Crippen molar-refractivity contribution in [3.05, 3.63) is 55.1 Å². The van der Waals surface area contributed by atoms with Crippen molar-refractivity contribution in [3.8, 4) is 0 Å². The highest BCUT2D eigenvalue weighted by Crippen LogP contribution is 2.27. The molecule has 0 amide bonds. The van der Waals surface area contributed by atoms with E-state index in [1.165, 1.54) is 14.9 Å². The third-order valence-corrected chi connectivity index (χ3v) is 6.21. The van der Waals surface area contributed by atoms with Gasteiger partial charge in [-0.05, 0) is 63.8 Å². The minimum absolute atomic E-state index is 0.640. The highest BCUT2D eigenvalue weighted by molar-refractivity contribution is 9.11. The molecule has 0 fully saturated rings. The molecule has 0 saturated heterocycles. The SMILES string of the molecule is BrCC(Cc1ccc(Br)cc1)Cc1sccc1Br. The Morgan fingerprint density at radius 3 is 2.28 bits per heavy atom. The topological polar surface area (TPSA) is 0 Å². The number of hydrogen-bond acceptors (Lipinski definition) is 1. The Morgan fingerprint density at radius 1 is 1.00 bits per heavy atom. The molecule has 18 heavy (non-hydrogen) atoms. The van der Waals surface area contributed by atoms with Crippen molar-refractivity contribution in [2.75, 3.05) is 5.33 Å². The Morgan fingerprint density at radius 2 is 1.72 bits per heavy atom. The largest absolute Gasteiger partial charge is 0.148 e. The number of hydrogen-bond donors (Lipinski definition) is 0. The number of benzene rings is 1. The summed E-state index contributed by atoms with van der Waals surface area (Å²) in [5.41, 5.74) is 1.40. The molecule has 1 unspecified atom stereocenters. The second kappa shape index (κ2) is 7.22. The summed E-state index contributed by atoms with van der Waals surface area (Å²) in [6.07, 6.45) is 2.24. The lowest BCUT2D eigenvalue weighted by molar-refractivity contribution is 0.595. The molecule has 1 aromatic heterocycles. The Kier molecular flexibility index (Phi) is 5.93. The maximum absolute atomic E-state index is 3.64. The Bertz CT molecular complexity index is 490. The van der Waals surface area contributed by atoms with Crippen LogP contribution < -0.4 is 0 Å². The van der Waals surface area contributed by atoms with Gasteiger partial charge in [0.1, 0.15) is 0 Å². The Balaban J connectivity index is 2.01. The number of alkyl halides is 1. The molecule has 0 aliphatic rings. The molecule has 0 bridgehead atoms. The van der Waals surface area contributed by atoms with Crippen LogP contribution in [0.15, 0.2) is 44.7 Å². The highest BCUT2D eigenvalue weighted by atomic mass is 79.9. The summed E-state index contributed by atoms with van der Waals surface area (Å²) < 4.78 is 2.39. The molecule has 96 valence electrons. The monoisotopic (exact) mass is 450 g/mol. The molecule has 0 nitrogen and oxygen atoms in total. The average Bonchev–Trinajstić information content (AvgIpc) is 2.77. The zero-order valence-corrected chi connectivity index (χ0v) is 15.3. The molecular weight excluding hydrogens is 440 g/mol.